The van der Waals surface area contributed by atoms with E-state index in [0.717, 1.165) is 12.0 Å². The number of amides is 2. The van der Waals surface area contributed by atoms with Gasteiger partial charge >= 0.3 is 0 Å². The van der Waals surface area contributed by atoms with Gasteiger partial charge in [0.15, 0.2) is 0 Å². The molecular weight excluding hydrogens is 366 g/mol. The maximum atomic E-state index is 12.7. The summed E-state index contributed by atoms with van der Waals surface area (Å²) in [5.41, 5.74) is 0.761. The normalized spacial score (nSPS) is 21.7. The van der Waals surface area contributed by atoms with Crippen LogP contribution in [0.4, 0.5) is 0 Å². The molecule has 2 heterocycles. The first-order chi connectivity index (χ1) is 12.9. The van der Waals surface area contributed by atoms with Crippen LogP contribution >= 0.6 is 0 Å². The van der Waals surface area contributed by atoms with E-state index in [1.807, 2.05) is 25.1 Å². The molecule has 0 bridgehead atoms. The van der Waals surface area contributed by atoms with E-state index in [0.29, 0.717) is 39.3 Å². The van der Waals surface area contributed by atoms with Crippen molar-refractivity contribution in [2.45, 2.75) is 25.5 Å². The minimum absolute atomic E-state index is 0.0229. The first-order valence-corrected chi connectivity index (χ1v) is 11.1. The van der Waals surface area contributed by atoms with Gasteiger partial charge in [-0.25, -0.2) is 8.42 Å². The number of benzene rings is 1. The van der Waals surface area contributed by atoms with Crippen molar-refractivity contribution in [2.75, 3.05) is 39.3 Å². The highest BCUT2D eigenvalue weighted by Gasteiger charge is 2.37. The molecule has 7 nitrogen and oxygen atoms in total. The van der Waals surface area contributed by atoms with Gasteiger partial charge in [-0.05, 0) is 12.0 Å². The van der Waals surface area contributed by atoms with Crippen molar-refractivity contribution in [3.8, 4) is 0 Å². The highest BCUT2D eigenvalue weighted by atomic mass is 32.2. The average molecular weight is 394 g/mol. The second-order valence-corrected chi connectivity index (χ2v) is 9.18. The molecule has 0 aromatic heterocycles. The zero-order valence-electron chi connectivity index (χ0n) is 15.7. The van der Waals surface area contributed by atoms with Gasteiger partial charge in [0.05, 0.1) is 11.7 Å². The van der Waals surface area contributed by atoms with Gasteiger partial charge in [0.1, 0.15) is 0 Å². The van der Waals surface area contributed by atoms with E-state index in [9.17, 15) is 18.0 Å². The van der Waals surface area contributed by atoms with Crippen LogP contribution in [0.15, 0.2) is 30.3 Å². The lowest BCUT2D eigenvalue weighted by Crippen LogP contribution is -2.52. The lowest BCUT2D eigenvalue weighted by Gasteiger charge is -2.35. The fraction of sp³-hybridized carbons (Fsp3) is 0.579. The highest BCUT2D eigenvalue weighted by molar-refractivity contribution is 7.88. The molecule has 27 heavy (non-hydrogen) atoms. The van der Waals surface area contributed by atoms with Crippen LogP contribution in [0.2, 0.25) is 0 Å². The summed E-state index contributed by atoms with van der Waals surface area (Å²) < 4.78 is 26.7. The molecule has 1 atom stereocenters. The van der Waals surface area contributed by atoms with E-state index in [-0.39, 0.29) is 29.9 Å². The predicted molar refractivity (Wildman–Crippen MR) is 102 cm³/mol. The number of likely N-dealkylation sites (tertiary alicyclic amines) is 1. The number of carbonyl (C=O) groups excluding carboxylic acids is 2. The van der Waals surface area contributed by atoms with Crippen molar-refractivity contribution in [1.29, 1.82) is 0 Å². The van der Waals surface area contributed by atoms with Crippen LogP contribution in [0, 0.1) is 5.92 Å². The number of sulfonamides is 1. The summed E-state index contributed by atoms with van der Waals surface area (Å²) in [6.45, 7) is 4.56. The molecule has 0 N–H and O–H groups in total. The van der Waals surface area contributed by atoms with Crippen LogP contribution in [0.3, 0.4) is 0 Å². The van der Waals surface area contributed by atoms with E-state index >= 15 is 0 Å². The van der Waals surface area contributed by atoms with Gasteiger partial charge in [-0.1, -0.05) is 37.3 Å². The van der Waals surface area contributed by atoms with E-state index in [1.54, 1.807) is 21.9 Å². The molecule has 2 saturated heterocycles. The second kappa shape index (κ2) is 8.39. The Kier molecular flexibility index (Phi) is 6.16. The molecule has 1 aromatic carbocycles. The molecule has 0 radical (unpaired) electrons. The van der Waals surface area contributed by atoms with Gasteiger partial charge in [-0.3, -0.25) is 9.59 Å². The molecule has 1 aromatic rings. The average Bonchev–Trinajstić information content (AvgIpc) is 3.03. The predicted octanol–water partition coefficient (Wildman–Crippen LogP) is 0.919. The fourth-order valence-electron chi connectivity index (χ4n) is 3.74. The molecule has 2 fully saturated rings. The number of nitrogens with zero attached hydrogens (tertiary/aromatic N) is 3. The Hall–Kier alpha value is -1.93. The van der Waals surface area contributed by atoms with Crippen LogP contribution in [0.25, 0.3) is 0 Å². The standard InChI is InChI=1S/C19H27N3O4S/c1-2-8-21-14-17(13-18(21)23)19(24)20-9-11-22(12-10-20)27(25,26)15-16-6-4-3-5-7-16/h3-7,17H,2,8-15H2,1H3. The Morgan fingerprint density at radius 3 is 2.41 bits per heavy atom. The van der Waals surface area contributed by atoms with Gasteiger partial charge < -0.3 is 9.80 Å². The Balaban J connectivity index is 1.54. The molecule has 2 aliphatic heterocycles. The van der Waals surface area contributed by atoms with Gasteiger partial charge in [0, 0.05) is 45.7 Å². The van der Waals surface area contributed by atoms with E-state index in [2.05, 4.69) is 0 Å². The van der Waals surface area contributed by atoms with Crippen LogP contribution in [0.5, 0.6) is 0 Å². The summed E-state index contributed by atoms with van der Waals surface area (Å²) in [5, 5.41) is 0. The maximum Gasteiger partial charge on any atom is 0.228 e. The Morgan fingerprint density at radius 2 is 1.78 bits per heavy atom. The minimum Gasteiger partial charge on any atom is -0.342 e. The molecule has 3 rings (SSSR count). The van der Waals surface area contributed by atoms with Crippen molar-refractivity contribution < 1.29 is 18.0 Å². The molecular formula is C19H27N3O4S. The van der Waals surface area contributed by atoms with Gasteiger partial charge in [0.25, 0.3) is 0 Å². The first-order valence-electron chi connectivity index (χ1n) is 9.49. The van der Waals surface area contributed by atoms with Crippen molar-refractivity contribution in [3.63, 3.8) is 0 Å². The number of hydrogen-bond acceptors (Lipinski definition) is 4. The Labute approximate surface area is 161 Å². The van der Waals surface area contributed by atoms with E-state index in [4.69, 9.17) is 0 Å². The highest BCUT2D eigenvalue weighted by Crippen LogP contribution is 2.22. The molecule has 1 unspecified atom stereocenters. The summed E-state index contributed by atoms with van der Waals surface area (Å²) in [6, 6.07) is 9.11. The van der Waals surface area contributed by atoms with Crippen LogP contribution < -0.4 is 0 Å². The fourth-order valence-corrected chi connectivity index (χ4v) is 5.26. The molecule has 2 amide bonds. The zero-order valence-corrected chi connectivity index (χ0v) is 16.5. The quantitative estimate of drug-likeness (QED) is 0.720. The minimum atomic E-state index is -3.40. The Bertz CT molecular complexity index is 773. The maximum absolute atomic E-state index is 12.7. The number of piperazine rings is 1. The number of carbonyl (C=O) groups is 2. The lowest BCUT2D eigenvalue weighted by molar-refractivity contribution is -0.137. The van der Waals surface area contributed by atoms with Crippen molar-refractivity contribution in [2.24, 2.45) is 5.92 Å². The van der Waals surface area contributed by atoms with Gasteiger partial charge in [-0.2, -0.15) is 4.31 Å². The van der Waals surface area contributed by atoms with Crippen molar-refractivity contribution in [1.82, 2.24) is 14.1 Å². The summed E-state index contributed by atoms with van der Waals surface area (Å²) in [4.78, 5) is 28.2. The van der Waals surface area contributed by atoms with Crippen molar-refractivity contribution in [3.05, 3.63) is 35.9 Å². The van der Waals surface area contributed by atoms with Crippen LogP contribution in [-0.2, 0) is 25.4 Å². The molecule has 148 valence electrons. The number of hydrogen-bond donors (Lipinski definition) is 0. The molecule has 0 aliphatic carbocycles. The van der Waals surface area contributed by atoms with Gasteiger partial charge in [-0.15, -0.1) is 0 Å². The van der Waals surface area contributed by atoms with Crippen molar-refractivity contribution >= 4 is 21.8 Å². The third-order valence-corrected chi connectivity index (χ3v) is 7.04. The summed E-state index contributed by atoms with van der Waals surface area (Å²) in [7, 11) is -3.40. The smallest absolute Gasteiger partial charge is 0.228 e. The van der Waals surface area contributed by atoms with Gasteiger partial charge in [0.2, 0.25) is 21.8 Å². The zero-order chi connectivity index (χ0) is 19.4. The van der Waals surface area contributed by atoms with Crippen LogP contribution in [-0.4, -0.2) is 73.6 Å². The third kappa shape index (κ3) is 4.68. The SMILES string of the molecule is CCCN1CC(C(=O)N2CCN(S(=O)(=O)Cc3ccccc3)CC2)CC1=O. The second-order valence-electron chi connectivity index (χ2n) is 7.21. The number of rotatable bonds is 6. The van der Waals surface area contributed by atoms with E-state index < -0.39 is 10.0 Å². The molecule has 2 aliphatic rings. The monoisotopic (exact) mass is 393 g/mol. The first kappa shape index (κ1) is 19.8. The topological polar surface area (TPSA) is 78.0 Å². The Morgan fingerprint density at radius 1 is 1.11 bits per heavy atom. The summed E-state index contributed by atoms with van der Waals surface area (Å²) >= 11 is 0. The third-order valence-electron chi connectivity index (χ3n) is 5.19. The molecule has 0 saturated carbocycles. The molecule has 0 spiro atoms. The van der Waals surface area contributed by atoms with Crippen LogP contribution in [0.1, 0.15) is 25.3 Å². The summed E-state index contributed by atoms with van der Waals surface area (Å²) in [5.74, 6) is -0.303. The van der Waals surface area contributed by atoms with E-state index in [1.165, 1.54) is 4.31 Å². The lowest BCUT2D eigenvalue weighted by atomic mass is 10.1. The summed E-state index contributed by atoms with van der Waals surface area (Å²) in [6.07, 6.45) is 1.15. The molecule has 8 heteroatoms. The largest absolute Gasteiger partial charge is 0.342 e.